The van der Waals surface area contributed by atoms with Gasteiger partial charge in [-0.15, -0.1) is 0 Å². The van der Waals surface area contributed by atoms with Gasteiger partial charge in [0.25, 0.3) is 0 Å². The molecule has 0 aliphatic rings. The zero-order chi connectivity index (χ0) is 36.1. The van der Waals surface area contributed by atoms with Gasteiger partial charge in [0.15, 0.2) is 0 Å². The van der Waals surface area contributed by atoms with Gasteiger partial charge in [0, 0.05) is 78.1 Å². The summed E-state index contributed by atoms with van der Waals surface area (Å²) in [5.41, 5.74) is 12.2. The Bertz CT molecular complexity index is 1570. The summed E-state index contributed by atoms with van der Waals surface area (Å²) in [6.07, 6.45) is 19.0. The predicted octanol–water partition coefficient (Wildman–Crippen LogP) is 7.33. The number of amides is 2. The molecular weight excluding hydrogens is 661 g/mol. The Kier molecular flexibility index (Phi) is 17.9. The Morgan fingerprint density at radius 3 is 1.52 bits per heavy atom. The van der Waals surface area contributed by atoms with E-state index >= 15 is 0 Å². The van der Waals surface area contributed by atoms with E-state index in [0.717, 1.165) is 59.6 Å². The largest absolute Gasteiger partial charge is 0.405 e. The highest BCUT2D eigenvalue weighted by Crippen LogP contribution is 2.22. The van der Waals surface area contributed by atoms with Crippen molar-refractivity contribution in [3.8, 4) is 0 Å². The third kappa shape index (κ3) is 14.6. The number of nitrogens with zero attached hydrogens (tertiary/aromatic N) is 5. The molecule has 10 heteroatoms. The van der Waals surface area contributed by atoms with Gasteiger partial charge in [0.1, 0.15) is 0 Å². The minimum Gasteiger partial charge on any atom is -0.405 e. The van der Waals surface area contributed by atoms with Gasteiger partial charge < -0.3 is 25.3 Å². The number of hydrogen-bond acceptors (Lipinski definition) is 8. The lowest BCUT2D eigenvalue weighted by Gasteiger charge is -2.22. The van der Waals surface area contributed by atoms with Crippen LogP contribution in [0.5, 0.6) is 0 Å². The maximum atomic E-state index is 12.7. The number of hydrogen-bond donors (Lipinski definition) is 1. The second-order valence-electron chi connectivity index (χ2n) is 12.0. The van der Waals surface area contributed by atoms with Gasteiger partial charge in [-0.2, -0.15) is 0 Å². The first-order valence-electron chi connectivity index (χ1n) is 16.9. The van der Waals surface area contributed by atoms with Crippen LogP contribution < -0.4 is 15.5 Å². The van der Waals surface area contributed by atoms with Gasteiger partial charge in [-0.3, -0.25) is 14.6 Å². The molecule has 0 unspecified atom stereocenters. The van der Waals surface area contributed by atoms with Crippen molar-refractivity contribution in [2.45, 2.75) is 19.8 Å². The molecule has 266 valence electrons. The van der Waals surface area contributed by atoms with Gasteiger partial charge in [-0.05, 0) is 90.7 Å². The van der Waals surface area contributed by atoms with Crippen molar-refractivity contribution in [2.24, 2.45) is 5.73 Å². The van der Waals surface area contributed by atoms with Crippen LogP contribution in [0, 0.1) is 0 Å². The van der Waals surface area contributed by atoms with Crippen molar-refractivity contribution in [3.05, 3.63) is 120 Å². The first-order chi connectivity index (χ1) is 24.2. The molecule has 3 aromatic rings. The highest BCUT2D eigenvalue weighted by atomic mass is 33.1. The minimum absolute atomic E-state index is 0.0768. The molecule has 0 bridgehead atoms. The number of carbonyl (C=O) groups is 2. The third-order valence-corrected chi connectivity index (χ3v) is 10.3. The number of aromatic nitrogens is 1. The van der Waals surface area contributed by atoms with Crippen LogP contribution in [0.4, 0.5) is 11.4 Å². The lowest BCUT2D eigenvalue weighted by atomic mass is 10.1. The molecule has 0 spiro atoms. The number of rotatable bonds is 20. The van der Waals surface area contributed by atoms with E-state index in [4.69, 9.17) is 5.73 Å². The van der Waals surface area contributed by atoms with Crippen molar-refractivity contribution < 1.29 is 9.59 Å². The minimum atomic E-state index is 0.0768. The second kappa shape index (κ2) is 22.3. The van der Waals surface area contributed by atoms with E-state index in [1.807, 2.05) is 51.4 Å². The molecule has 1 aromatic heterocycles. The van der Waals surface area contributed by atoms with Crippen molar-refractivity contribution in [2.75, 3.05) is 75.7 Å². The molecule has 2 aromatic carbocycles. The summed E-state index contributed by atoms with van der Waals surface area (Å²) in [6.45, 7) is 5.03. The van der Waals surface area contributed by atoms with E-state index < -0.39 is 0 Å². The van der Waals surface area contributed by atoms with Crippen LogP contribution in [0.1, 0.15) is 36.5 Å². The Morgan fingerprint density at radius 2 is 1.08 bits per heavy atom. The fraction of sp³-hybridized carbons (Fsp3) is 0.325. The summed E-state index contributed by atoms with van der Waals surface area (Å²) in [5, 5.41) is 0. The number of pyridine rings is 1. The number of carbonyl (C=O) groups excluding carboxylic acids is 2. The number of anilines is 2. The van der Waals surface area contributed by atoms with E-state index in [2.05, 4.69) is 95.6 Å². The molecule has 50 heavy (non-hydrogen) atoms. The summed E-state index contributed by atoms with van der Waals surface area (Å²) >= 11 is 0. The van der Waals surface area contributed by atoms with Crippen molar-refractivity contribution >= 4 is 63.0 Å². The average Bonchev–Trinajstić information content (AvgIpc) is 3.14. The molecule has 1 heterocycles. The Hall–Kier alpha value is -4.41. The van der Waals surface area contributed by atoms with E-state index in [1.54, 1.807) is 28.4 Å². The molecule has 2 N–H and O–H groups in total. The number of allylic oxidation sites excluding steroid dienone is 4. The molecular formula is C40H52N6O2S2. The molecule has 0 fully saturated rings. The maximum Gasteiger partial charge on any atom is 0.233 e. The smallest absolute Gasteiger partial charge is 0.233 e. The SMILES string of the molecule is C/C=C(\C=C/N)/C=C/c1ccc(N(C)CCCN(C)C(=O)CSSCC(=O)N(C)CCCN(C)c2ccc(/C=C/c3ccncc3)cc2)cc1. The quantitative estimate of drug-likeness (QED) is 0.0741. The lowest BCUT2D eigenvalue weighted by molar-refractivity contribution is -0.127. The van der Waals surface area contributed by atoms with Crippen LogP contribution in [0.15, 0.2) is 103 Å². The van der Waals surface area contributed by atoms with Crippen LogP contribution in [0.25, 0.3) is 18.2 Å². The number of nitrogens with two attached hydrogens (primary N) is 1. The van der Waals surface area contributed by atoms with Crippen LogP contribution >= 0.6 is 21.6 Å². The van der Waals surface area contributed by atoms with Crippen LogP contribution in [0.3, 0.4) is 0 Å². The Balaban J connectivity index is 1.26. The first kappa shape index (κ1) is 40.0. The van der Waals surface area contributed by atoms with Crippen LogP contribution in [-0.2, 0) is 9.59 Å². The molecule has 0 saturated carbocycles. The molecule has 0 atom stereocenters. The molecule has 0 aliphatic carbocycles. The van der Waals surface area contributed by atoms with Gasteiger partial charge in [-0.25, -0.2) is 0 Å². The van der Waals surface area contributed by atoms with Crippen LogP contribution in [0.2, 0.25) is 0 Å². The molecule has 0 saturated heterocycles. The predicted molar refractivity (Wildman–Crippen MR) is 218 cm³/mol. The van der Waals surface area contributed by atoms with E-state index in [0.29, 0.717) is 24.6 Å². The van der Waals surface area contributed by atoms with Crippen molar-refractivity contribution in [3.63, 3.8) is 0 Å². The van der Waals surface area contributed by atoms with Crippen molar-refractivity contribution in [1.82, 2.24) is 14.8 Å². The Morgan fingerprint density at radius 1 is 0.640 bits per heavy atom. The normalized spacial score (nSPS) is 11.8. The zero-order valence-electron chi connectivity index (χ0n) is 30.1. The first-order valence-corrected chi connectivity index (χ1v) is 19.3. The van der Waals surface area contributed by atoms with E-state index in [-0.39, 0.29) is 11.8 Å². The van der Waals surface area contributed by atoms with Gasteiger partial charge >= 0.3 is 0 Å². The molecule has 2 amide bonds. The van der Waals surface area contributed by atoms with Gasteiger partial charge in [0.05, 0.1) is 11.5 Å². The van der Waals surface area contributed by atoms with Crippen molar-refractivity contribution in [1.29, 1.82) is 0 Å². The topological polar surface area (TPSA) is 86.0 Å². The molecule has 3 rings (SSSR count). The third-order valence-electron chi connectivity index (χ3n) is 8.21. The van der Waals surface area contributed by atoms with E-state index in [9.17, 15) is 9.59 Å². The molecule has 8 nitrogen and oxygen atoms in total. The van der Waals surface area contributed by atoms with Gasteiger partial charge in [-0.1, -0.05) is 76.2 Å². The maximum absolute atomic E-state index is 12.7. The Labute approximate surface area is 307 Å². The summed E-state index contributed by atoms with van der Waals surface area (Å²) in [5.74, 6) is 0.855. The molecule has 0 aliphatic heterocycles. The van der Waals surface area contributed by atoms with Gasteiger partial charge in [0.2, 0.25) is 11.8 Å². The summed E-state index contributed by atoms with van der Waals surface area (Å²) in [4.78, 5) is 37.3. The summed E-state index contributed by atoms with van der Waals surface area (Å²) < 4.78 is 0. The fourth-order valence-electron chi connectivity index (χ4n) is 4.90. The lowest BCUT2D eigenvalue weighted by Crippen LogP contribution is -2.32. The zero-order valence-corrected chi connectivity index (χ0v) is 31.7. The monoisotopic (exact) mass is 712 g/mol. The summed E-state index contributed by atoms with van der Waals surface area (Å²) in [6, 6.07) is 20.8. The van der Waals surface area contributed by atoms with E-state index in [1.165, 1.54) is 21.6 Å². The number of benzene rings is 2. The standard InChI is InChI=1S/C40H52N6O2S2/c1-6-33(21-24-41)9-10-34-13-17-37(18-14-34)43(2)27-7-29-45(4)39(47)31-49-50-32-40(48)46(5)30-8-28-44(3)38-19-15-35(16-20-38)11-12-36-22-25-42-26-23-36/h6,9-26H,7-8,27-32,41H2,1-5H3/b10-9+,12-11+,24-21-,33-6-. The molecule has 0 radical (unpaired) electrons. The highest BCUT2D eigenvalue weighted by molar-refractivity contribution is 8.77. The van der Waals surface area contributed by atoms with Crippen LogP contribution in [-0.4, -0.2) is 92.5 Å². The fourth-order valence-corrected chi connectivity index (χ4v) is 6.81. The second-order valence-corrected chi connectivity index (χ2v) is 14.4. The average molecular weight is 713 g/mol. The highest BCUT2D eigenvalue weighted by Gasteiger charge is 2.13. The summed E-state index contributed by atoms with van der Waals surface area (Å²) in [7, 11) is 10.7.